The zero-order valence-electron chi connectivity index (χ0n) is 17.8. The third kappa shape index (κ3) is 3.77. The first-order valence-corrected chi connectivity index (χ1v) is 12.0. The van der Waals surface area contributed by atoms with Crippen LogP contribution in [-0.2, 0) is 6.42 Å². The highest BCUT2D eigenvalue weighted by Gasteiger charge is 2.42. The summed E-state index contributed by atoms with van der Waals surface area (Å²) in [6, 6.07) is 8.21. The summed E-state index contributed by atoms with van der Waals surface area (Å²) in [6.45, 7) is 8.59. The molecule has 4 rings (SSSR count). The predicted octanol–water partition coefficient (Wildman–Crippen LogP) is 5.53. The average Bonchev–Trinajstić information content (AvgIpc) is 2.65. The fourth-order valence-electron chi connectivity index (χ4n) is 5.02. The Hall–Kier alpha value is -0.980. The average molecular weight is 504 g/mol. The number of rotatable bonds is 4. The van der Waals surface area contributed by atoms with Gasteiger partial charge in [-0.25, -0.2) is 0 Å². The van der Waals surface area contributed by atoms with Crippen molar-refractivity contribution < 1.29 is 10.2 Å². The molecule has 0 aliphatic heterocycles. The quantitative estimate of drug-likeness (QED) is 0.557. The molecule has 2 aromatic rings. The zero-order valence-corrected chi connectivity index (χ0v) is 20.0. The van der Waals surface area contributed by atoms with Crippen LogP contribution in [0.1, 0.15) is 111 Å². The Balaban J connectivity index is 1.79. The van der Waals surface area contributed by atoms with Crippen LogP contribution >= 0.6 is 22.6 Å². The molecular weight excluding hydrogens is 473 g/mol. The number of benzene rings is 1. The fourth-order valence-corrected chi connectivity index (χ4v) is 6.25. The summed E-state index contributed by atoms with van der Waals surface area (Å²) in [5.41, 5.74) is 5.93. The molecule has 156 valence electrons. The minimum atomic E-state index is -0.759. The molecule has 0 radical (unpaired) electrons. The van der Waals surface area contributed by atoms with Crippen molar-refractivity contribution in [3.8, 4) is 0 Å². The van der Waals surface area contributed by atoms with E-state index in [0.717, 1.165) is 57.3 Å². The molecule has 2 atom stereocenters. The third-order valence-electron chi connectivity index (χ3n) is 6.95. The summed E-state index contributed by atoms with van der Waals surface area (Å²) in [6.07, 6.45) is 3.71. The van der Waals surface area contributed by atoms with Crippen LogP contribution in [0.15, 0.2) is 24.3 Å². The lowest BCUT2D eigenvalue weighted by molar-refractivity contribution is -0.436. The fraction of sp³-hybridized carbons (Fsp3) is 0.560. The second-order valence-corrected chi connectivity index (χ2v) is 10.8. The Morgan fingerprint density at radius 1 is 1.07 bits per heavy atom. The molecule has 1 fully saturated rings. The molecule has 1 saturated carbocycles. The Bertz CT molecular complexity index is 900. The number of halogens is 1. The van der Waals surface area contributed by atoms with Gasteiger partial charge in [0.15, 0.2) is 0 Å². The van der Waals surface area contributed by atoms with Gasteiger partial charge in [-0.1, -0.05) is 70.9 Å². The monoisotopic (exact) mass is 504 g/mol. The molecule has 1 heterocycles. The van der Waals surface area contributed by atoms with Gasteiger partial charge in [-0.2, -0.15) is 0 Å². The van der Waals surface area contributed by atoms with Gasteiger partial charge < -0.3 is 10.2 Å². The van der Waals surface area contributed by atoms with Crippen LogP contribution in [-0.4, -0.2) is 10.1 Å². The molecular formula is C25H31INO2-. The van der Waals surface area contributed by atoms with E-state index in [1.54, 1.807) is 0 Å². The maximum Gasteiger partial charge on any atom is 0.107 e. The first-order chi connectivity index (χ1) is 13.7. The smallest absolute Gasteiger partial charge is 0.107 e. The van der Waals surface area contributed by atoms with Crippen LogP contribution < -0.4 is 5.11 Å². The van der Waals surface area contributed by atoms with Crippen molar-refractivity contribution in [2.75, 3.05) is 0 Å². The van der Waals surface area contributed by atoms with Crippen molar-refractivity contribution >= 4 is 22.6 Å². The minimum absolute atomic E-state index is 0.191. The maximum absolute atomic E-state index is 13.2. The Morgan fingerprint density at radius 3 is 2.21 bits per heavy atom. The van der Waals surface area contributed by atoms with Crippen LogP contribution in [0.25, 0.3) is 0 Å². The summed E-state index contributed by atoms with van der Waals surface area (Å²) >= 11 is 2.30. The molecule has 1 N–H and O–H groups in total. The number of hydrogen-bond donors (Lipinski definition) is 1. The first-order valence-electron chi connectivity index (χ1n) is 10.9. The van der Waals surface area contributed by atoms with Crippen molar-refractivity contribution in [1.29, 1.82) is 0 Å². The number of pyridine rings is 1. The van der Waals surface area contributed by atoms with Crippen molar-refractivity contribution in [3.63, 3.8) is 0 Å². The van der Waals surface area contributed by atoms with Crippen LogP contribution in [0.5, 0.6) is 0 Å². The van der Waals surface area contributed by atoms with E-state index in [1.165, 1.54) is 12.0 Å². The lowest BCUT2D eigenvalue weighted by atomic mass is 9.59. The Kier molecular flexibility index (Phi) is 5.82. The molecule has 0 amide bonds. The zero-order chi connectivity index (χ0) is 20.9. The number of aliphatic hydroxyl groups excluding tert-OH is 1. The van der Waals surface area contributed by atoms with Crippen molar-refractivity contribution in [1.82, 2.24) is 4.98 Å². The van der Waals surface area contributed by atoms with Crippen molar-refractivity contribution in [2.24, 2.45) is 5.41 Å². The second kappa shape index (κ2) is 7.93. The maximum atomic E-state index is 13.2. The standard InChI is InChI=1S/C25H31INO2/c1-14(2)16-6-8-17(9-7-16)24(29)21-22(26)20-18(27-23(21)15(3)4)12-25(10-5-11-25)13-19(20)28/h6-9,14-15,19,24,29H,5,10-13H2,1-4H3/q-1/t19?,24-/m0/s1. The highest BCUT2D eigenvalue weighted by Crippen LogP contribution is 2.53. The summed E-state index contributed by atoms with van der Waals surface area (Å²) in [5, 5.41) is 24.5. The van der Waals surface area contributed by atoms with E-state index in [1.807, 2.05) is 12.1 Å². The third-order valence-corrected chi connectivity index (χ3v) is 8.11. The van der Waals surface area contributed by atoms with E-state index < -0.39 is 12.2 Å². The molecule has 1 aromatic heterocycles. The van der Waals surface area contributed by atoms with Crippen LogP contribution in [0.4, 0.5) is 0 Å². The number of aromatic nitrogens is 1. The van der Waals surface area contributed by atoms with E-state index >= 15 is 0 Å². The van der Waals surface area contributed by atoms with E-state index in [9.17, 15) is 10.2 Å². The van der Waals surface area contributed by atoms with Crippen LogP contribution in [0.2, 0.25) is 0 Å². The normalized spacial score (nSPS) is 21.3. The molecule has 1 aromatic carbocycles. The topological polar surface area (TPSA) is 56.2 Å². The van der Waals surface area contributed by atoms with Gasteiger partial charge in [-0.15, -0.1) is 0 Å². The summed E-state index contributed by atoms with van der Waals surface area (Å²) in [4.78, 5) is 5.03. The molecule has 2 aliphatic rings. The SMILES string of the molecule is CC(C)c1ccc([C@H](O)c2c(C(C)C)nc3c(c2I)C([O-])CC2(CCC2)C3)cc1. The van der Waals surface area contributed by atoms with E-state index in [0.29, 0.717) is 5.92 Å². The molecule has 1 spiro atoms. The first kappa shape index (κ1) is 21.3. The highest BCUT2D eigenvalue weighted by atomic mass is 127. The molecule has 3 nitrogen and oxygen atoms in total. The molecule has 29 heavy (non-hydrogen) atoms. The molecule has 2 aliphatic carbocycles. The van der Waals surface area contributed by atoms with Crippen LogP contribution in [0.3, 0.4) is 0 Å². The summed E-state index contributed by atoms with van der Waals surface area (Å²) in [7, 11) is 0. The van der Waals surface area contributed by atoms with Gasteiger partial charge in [0.1, 0.15) is 6.10 Å². The predicted molar refractivity (Wildman–Crippen MR) is 123 cm³/mol. The molecule has 0 saturated heterocycles. The molecule has 4 heteroatoms. The van der Waals surface area contributed by atoms with Gasteiger partial charge in [-0.05, 0) is 75.8 Å². The van der Waals surface area contributed by atoms with Gasteiger partial charge in [-0.3, -0.25) is 4.98 Å². The minimum Gasteiger partial charge on any atom is -0.848 e. The van der Waals surface area contributed by atoms with E-state index in [2.05, 4.69) is 62.4 Å². The summed E-state index contributed by atoms with van der Waals surface area (Å²) < 4.78 is 0.936. The number of hydrogen-bond acceptors (Lipinski definition) is 3. The molecule has 1 unspecified atom stereocenters. The lowest BCUT2D eigenvalue weighted by Gasteiger charge is -2.50. The lowest BCUT2D eigenvalue weighted by Crippen LogP contribution is -2.41. The van der Waals surface area contributed by atoms with Gasteiger partial charge in [0.05, 0.1) is 5.69 Å². The van der Waals surface area contributed by atoms with Gasteiger partial charge in [0, 0.05) is 14.8 Å². The van der Waals surface area contributed by atoms with E-state index in [-0.39, 0.29) is 11.3 Å². The van der Waals surface area contributed by atoms with Gasteiger partial charge in [0.2, 0.25) is 0 Å². The van der Waals surface area contributed by atoms with Crippen LogP contribution in [0, 0.1) is 8.99 Å². The van der Waals surface area contributed by atoms with Gasteiger partial charge >= 0.3 is 0 Å². The number of nitrogens with zero attached hydrogens (tertiary/aromatic N) is 1. The molecule has 0 bridgehead atoms. The van der Waals surface area contributed by atoms with Crippen molar-refractivity contribution in [3.05, 3.63) is 61.5 Å². The Labute approximate surface area is 188 Å². The Morgan fingerprint density at radius 2 is 1.69 bits per heavy atom. The van der Waals surface area contributed by atoms with Crippen molar-refractivity contribution in [2.45, 2.75) is 83.8 Å². The number of aliphatic hydroxyl groups is 1. The summed E-state index contributed by atoms with van der Waals surface area (Å²) in [5.74, 6) is 0.649. The van der Waals surface area contributed by atoms with Gasteiger partial charge in [0.25, 0.3) is 0 Å². The van der Waals surface area contributed by atoms with E-state index in [4.69, 9.17) is 4.98 Å². The second-order valence-electron chi connectivity index (χ2n) is 9.69. The largest absolute Gasteiger partial charge is 0.848 e. The number of fused-ring (bicyclic) bond motifs is 1. The highest BCUT2D eigenvalue weighted by molar-refractivity contribution is 14.1.